The number of anilines is 2. The molecule has 0 aliphatic carbocycles. The maximum Gasteiger partial charge on any atom is 0.330 e. The molecule has 194 valence electrons. The van der Waals surface area contributed by atoms with Crippen molar-refractivity contribution >= 4 is 17.4 Å². The van der Waals surface area contributed by atoms with Gasteiger partial charge in [-0.3, -0.25) is 19.1 Å². The van der Waals surface area contributed by atoms with Crippen molar-refractivity contribution in [3.8, 4) is 5.75 Å². The number of aromatic nitrogens is 3. The van der Waals surface area contributed by atoms with Gasteiger partial charge in [0.1, 0.15) is 23.9 Å². The summed E-state index contributed by atoms with van der Waals surface area (Å²) in [4.78, 5) is 42.2. The van der Waals surface area contributed by atoms with Crippen LogP contribution < -0.4 is 26.6 Å². The molecule has 0 aliphatic heterocycles. The number of aromatic amines is 1. The highest BCUT2D eigenvalue weighted by Crippen LogP contribution is 2.22. The Labute approximate surface area is 210 Å². The molecular formula is C26H35N5O5. The predicted molar refractivity (Wildman–Crippen MR) is 138 cm³/mol. The Bertz CT molecular complexity index is 1300. The van der Waals surface area contributed by atoms with Gasteiger partial charge < -0.3 is 19.9 Å². The topological polar surface area (TPSA) is 136 Å². The fourth-order valence-corrected chi connectivity index (χ4v) is 3.90. The van der Waals surface area contributed by atoms with E-state index in [1.165, 1.54) is 9.47 Å². The van der Waals surface area contributed by atoms with Gasteiger partial charge in [-0.25, -0.2) is 4.79 Å². The zero-order valence-corrected chi connectivity index (χ0v) is 21.8. The summed E-state index contributed by atoms with van der Waals surface area (Å²) in [7, 11) is 0. The first-order valence-corrected chi connectivity index (χ1v) is 12.0. The molecule has 10 nitrogen and oxygen atoms in total. The van der Waals surface area contributed by atoms with Gasteiger partial charge in [-0.1, -0.05) is 45.0 Å². The summed E-state index contributed by atoms with van der Waals surface area (Å²) >= 11 is 0. The SMILES string of the molecule is Cc1noc(C)c1COc1ccc(CC(=O)N(CC(C)C)c2c(N)n(CC(C)C)c(=O)[nH]c2=O)cc1. The number of nitrogen functional groups attached to an aromatic ring is 1. The van der Waals surface area contributed by atoms with Crippen molar-refractivity contribution in [2.24, 2.45) is 11.8 Å². The number of carbonyl (C=O) groups is 1. The summed E-state index contributed by atoms with van der Waals surface area (Å²) in [6.07, 6.45) is 0.0546. The van der Waals surface area contributed by atoms with Gasteiger partial charge in [0.2, 0.25) is 5.91 Å². The van der Waals surface area contributed by atoms with E-state index in [0.29, 0.717) is 24.7 Å². The van der Waals surface area contributed by atoms with Crippen LogP contribution in [-0.2, 0) is 24.4 Å². The number of H-pyrrole nitrogens is 1. The van der Waals surface area contributed by atoms with Crippen LogP contribution in [-0.4, -0.2) is 27.2 Å². The Morgan fingerprint density at radius 3 is 2.36 bits per heavy atom. The number of aryl methyl sites for hydroxylation is 2. The first kappa shape index (κ1) is 26.8. The van der Waals surface area contributed by atoms with Crippen LogP contribution in [0.25, 0.3) is 0 Å². The maximum atomic E-state index is 13.4. The lowest BCUT2D eigenvalue weighted by Gasteiger charge is -2.26. The molecule has 0 aliphatic rings. The molecule has 0 spiro atoms. The fourth-order valence-electron chi connectivity index (χ4n) is 3.90. The van der Waals surface area contributed by atoms with Crippen LogP contribution in [0, 0.1) is 25.7 Å². The minimum absolute atomic E-state index is 0.00507. The third kappa shape index (κ3) is 6.24. The van der Waals surface area contributed by atoms with E-state index in [-0.39, 0.29) is 42.2 Å². The first-order valence-electron chi connectivity index (χ1n) is 12.0. The van der Waals surface area contributed by atoms with E-state index in [1.54, 1.807) is 24.3 Å². The van der Waals surface area contributed by atoms with E-state index in [1.807, 2.05) is 41.5 Å². The normalized spacial score (nSPS) is 11.3. The highest BCUT2D eigenvalue weighted by atomic mass is 16.5. The summed E-state index contributed by atoms with van der Waals surface area (Å²) in [5.41, 5.74) is 7.47. The summed E-state index contributed by atoms with van der Waals surface area (Å²) in [5, 5.41) is 3.92. The van der Waals surface area contributed by atoms with Gasteiger partial charge in [-0.2, -0.15) is 0 Å². The number of nitrogens with one attached hydrogen (secondary N) is 1. The average Bonchev–Trinajstić information content (AvgIpc) is 3.12. The quantitative estimate of drug-likeness (QED) is 0.439. The molecule has 0 unspecified atom stereocenters. The van der Waals surface area contributed by atoms with Gasteiger partial charge in [-0.15, -0.1) is 0 Å². The Morgan fingerprint density at radius 2 is 1.81 bits per heavy atom. The van der Waals surface area contributed by atoms with Crippen LogP contribution in [0.4, 0.5) is 11.5 Å². The van der Waals surface area contributed by atoms with Crippen molar-refractivity contribution in [3.63, 3.8) is 0 Å². The van der Waals surface area contributed by atoms with Crippen LogP contribution in [0.15, 0.2) is 38.4 Å². The minimum Gasteiger partial charge on any atom is -0.489 e. The zero-order chi connectivity index (χ0) is 26.6. The summed E-state index contributed by atoms with van der Waals surface area (Å²) in [5.74, 6) is 1.25. The third-order valence-electron chi connectivity index (χ3n) is 5.72. The van der Waals surface area contributed by atoms with E-state index in [0.717, 1.165) is 16.8 Å². The Hall–Kier alpha value is -3.82. The minimum atomic E-state index is -0.672. The van der Waals surface area contributed by atoms with Crippen molar-refractivity contribution in [1.29, 1.82) is 0 Å². The van der Waals surface area contributed by atoms with E-state index in [4.69, 9.17) is 15.0 Å². The number of ether oxygens (including phenoxy) is 1. The second-order valence-corrected chi connectivity index (χ2v) is 9.81. The molecule has 0 saturated heterocycles. The lowest BCUT2D eigenvalue weighted by molar-refractivity contribution is -0.118. The lowest BCUT2D eigenvalue weighted by atomic mass is 10.1. The Kier molecular flexibility index (Phi) is 8.39. The molecule has 0 radical (unpaired) electrons. The lowest BCUT2D eigenvalue weighted by Crippen LogP contribution is -2.43. The molecule has 3 aromatic rings. The van der Waals surface area contributed by atoms with Crippen LogP contribution in [0.2, 0.25) is 0 Å². The van der Waals surface area contributed by atoms with Gasteiger partial charge >= 0.3 is 5.69 Å². The zero-order valence-electron chi connectivity index (χ0n) is 21.8. The summed E-state index contributed by atoms with van der Waals surface area (Å²) < 4.78 is 12.3. The van der Waals surface area contributed by atoms with Gasteiger partial charge in [-0.05, 0) is 43.4 Å². The molecule has 10 heteroatoms. The van der Waals surface area contributed by atoms with Gasteiger partial charge in [0.05, 0.1) is 17.7 Å². The van der Waals surface area contributed by atoms with Crippen LogP contribution in [0.5, 0.6) is 5.75 Å². The summed E-state index contributed by atoms with van der Waals surface area (Å²) in [6.45, 7) is 12.4. The number of rotatable bonds is 10. The molecule has 3 rings (SSSR count). The first-order chi connectivity index (χ1) is 17.0. The number of carbonyl (C=O) groups excluding carboxylic acids is 1. The predicted octanol–water partition coefficient (Wildman–Crippen LogP) is 3.19. The summed E-state index contributed by atoms with van der Waals surface area (Å²) in [6, 6.07) is 7.19. The van der Waals surface area contributed by atoms with E-state index >= 15 is 0 Å². The van der Waals surface area contributed by atoms with Crippen LogP contribution in [0.1, 0.15) is 50.3 Å². The highest BCUT2D eigenvalue weighted by molar-refractivity contribution is 5.96. The third-order valence-corrected chi connectivity index (χ3v) is 5.72. The standard InChI is InChI=1S/C26H35N5O5/c1-15(2)12-30(23-24(27)31(13-16(3)4)26(34)28-25(23)33)22(32)11-19-7-9-20(10-8-19)35-14-21-17(5)29-36-18(21)6/h7-10,15-16H,11-14,27H2,1-6H3,(H,28,33,34). The molecule has 3 N–H and O–H groups in total. The fraction of sp³-hybridized carbons (Fsp3) is 0.462. The smallest absolute Gasteiger partial charge is 0.330 e. The van der Waals surface area contributed by atoms with Crippen molar-refractivity contribution in [2.75, 3.05) is 17.2 Å². The molecule has 2 aromatic heterocycles. The van der Waals surface area contributed by atoms with E-state index < -0.39 is 11.2 Å². The number of benzene rings is 1. The molecule has 1 aromatic carbocycles. The molecule has 0 bridgehead atoms. The van der Waals surface area contributed by atoms with Crippen molar-refractivity contribution < 1.29 is 14.1 Å². The van der Waals surface area contributed by atoms with Gasteiger partial charge in [0.25, 0.3) is 5.56 Å². The number of hydrogen-bond acceptors (Lipinski definition) is 7. The number of nitrogens with zero attached hydrogens (tertiary/aromatic N) is 3. The average molecular weight is 498 g/mol. The Morgan fingerprint density at radius 1 is 1.14 bits per heavy atom. The Balaban J connectivity index is 1.81. The molecule has 0 fully saturated rings. The van der Waals surface area contributed by atoms with Crippen molar-refractivity contribution in [3.05, 3.63) is 67.7 Å². The van der Waals surface area contributed by atoms with Crippen molar-refractivity contribution in [1.82, 2.24) is 14.7 Å². The molecule has 0 saturated carbocycles. The maximum absolute atomic E-state index is 13.4. The monoisotopic (exact) mass is 497 g/mol. The van der Waals surface area contributed by atoms with Crippen molar-refractivity contribution in [2.45, 2.75) is 61.1 Å². The highest BCUT2D eigenvalue weighted by Gasteiger charge is 2.25. The van der Waals surface area contributed by atoms with E-state index in [2.05, 4.69) is 10.1 Å². The number of nitrogens with two attached hydrogens (primary N) is 1. The molecular weight excluding hydrogens is 462 g/mol. The van der Waals surface area contributed by atoms with Crippen LogP contribution in [0.3, 0.4) is 0 Å². The second kappa shape index (κ2) is 11.3. The number of amides is 1. The largest absolute Gasteiger partial charge is 0.489 e. The van der Waals surface area contributed by atoms with Gasteiger partial charge in [0.15, 0.2) is 5.69 Å². The second-order valence-electron chi connectivity index (χ2n) is 9.81. The van der Waals surface area contributed by atoms with Gasteiger partial charge in [0, 0.05) is 13.1 Å². The van der Waals surface area contributed by atoms with E-state index in [9.17, 15) is 14.4 Å². The molecule has 0 atom stereocenters. The molecule has 1 amide bonds. The molecule has 36 heavy (non-hydrogen) atoms. The number of hydrogen-bond donors (Lipinski definition) is 2. The molecule has 2 heterocycles. The van der Waals surface area contributed by atoms with Crippen LogP contribution >= 0.6 is 0 Å².